The highest BCUT2D eigenvalue weighted by molar-refractivity contribution is 6.42. The molecule has 2 rings (SSSR count). The standard InChI is InChI=1S/C11H10Cl2N2O2/c12-8-2-1-6(3-9(8)13)11-7(4-10(14)16)5-17-15-11/h1-3,7H,4-5H2,(H2,14,16). The highest BCUT2D eigenvalue weighted by atomic mass is 35.5. The van der Waals surface area contributed by atoms with Crippen molar-refractivity contribution in [3.63, 3.8) is 0 Å². The normalized spacial score (nSPS) is 18.7. The van der Waals surface area contributed by atoms with E-state index < -0.39 is 0 Å². The van der Waals surface area contributed by atoms with Gasteiger partial charge in [-0.2, -0.15) is 0 Å². The van der Waals surface area contributed by atoms with Crippen LogP contribution >= 0.6 is 23.2 Å². The third-order valence-corrected chi connectivity index (χ3v) is 3.23. The van der Waals surface area contributed by atoms with Crippen LogP contribution in [0.15, 0.2) is 23.4 Å². The van der Waals surface area contributed by atoms with Gasteiger partial charge in [-0.1, -0.05) is 34.4 Å². The van der Waals surface area contributed by atoms with Crippen molar-refractivity contribution in [3.05, 3.63) is 33.8 Å². The van der Waals surface area contributed by atoms with E-state index in [4.69, 9.17) is 33.8 Å². The quantitative estimate of drug-likeness (QED) is 0.917. The zero-order chi connectivity index (χ0) is 12.4. The van der Waals surface area contributed by atoms with Crippen LogP contribution in [0.5, 0.6) is 0 Å². The Morgan fingerprint density at radius 2 is 2.24 bits per heavy atom. The minimum atomic E-state index is -0.381. The van der Waals surface area contributed by atoms with Crippen molar-refractivity contribution >= 4 is 34.8 Å². The summed E-state index contributed by atoms with van der Waals surface area (Å²) in [6.45, 7) is 0.360. The van der Waals surface area contributed by atoms with Crippen molar-refractivity contribution in [2.75, 3.05) is 6.61 Å². The summed E-state index contributed by atoms with van der Waals surface area (Å²) < 4.78 is 0. The molecule has 90 valence electrons. The van der Waals surface area contributed by atoms with Gasteiger partial charge in [0.25, 0.3) is 0 Å². The Bertz CT molecular complexity index is 488. The molecule has 1 unspecified atom stereocenters. The zero-order valence-electron chi connectivity index (χ0n) is 8.82. The molecule has 4 nitrogen and oxygen atoms in total. The van der Waals surface area contributed by atoms with Crippen LogP contribution in [0.1, 0.15) is 12.0 Å². The molecular formula is C11H10Cl2N2O2. The number of nitrogens with zero attached hydrogens (tertiary/aromatic N) is 1. The van der Waals surface area contributed by atoms with Gasteiger partial charge in [0.2, 0.25) is 5.91 Å². The van der Waals surface area contributed by atoms with Gasteiger partial charge >= 0.3 is 0 Å². The van der Waals surface area contributed by atoms with Crippen LogP contribution in [0.4, 0.5) is 0 Å². The first-order valence-corrected chi connectivity index (χ1v) is 5.77. The maximum Gasteiger partial charge on any atom is 0.218 e. The molecule has 0 radical (unpaired) electrons. The molecule has 0 saturated carbocycles. The molecule has 2 N–H and O–H groups in total. The monoisotopic (exact) mass is 272 g/mol. The molecule has 0 spiro atoms. The number of benzene rings is 1. The minimum absolute atomic E-state index is 0.121. The lowest BCUT2D eigenvalue weighted by molar-refractivity contribution is -0.118. The molecule has 1 atom stereocenters. The van der Waals surface area contributed by atoms with Gasteiger partial charge in [0.1, 0.15) is 6.61 Å². The first-order valence-electron chi connectivity index (χ1n) is 5.01. The van der Waals surface area contributed by atoms with Gasteiger partial charge in [-0.25, -0.2) is 0 Å². The molecule has 1 heterocycles. The Kier molecular flexibility index (Phi) is 3.54. The van der Waals surface area contributed by atoms with E-state index in [1.54, 1.807) is 18.2 Å². The number of hydrogen-bond acceptors (Lipinski definition) is 3. The van der Waals surface area contributed by atoms with Gasteiger partial charge in [-0.15, -0.1) is 0 Å². The number of oxime groups is 1. The fourth-order valence-electron chi connectivity index (χ4n) is 1.69. The Balaban J connectivity index is 2.26. The molecule has 0 aliphatic carbocycles. The largest absolute Gasteiger partial charge is 0.395 e. The fourth-order valence-corrected chi connectivity index (χ4v) is 1.99. The molecule has 17 heavy (non-hydrogen) atoms. The van der Waals surface area contributed by atoms with Gasteiger partial charge in [-0.3, -0.25) is 4.79 Å². The van der Waals surface area contributed by atoms with Crippen LogP contribution in [0.25, 0.3) is 0 Å². The van der Waals surface area contributed by atoms with Gasteiger partial charge < -0.3 is 10.6 Å². The SMILES string of the molecule is NC(=O)CC1CON=C1c1ccc(Cl)c(Cl)c1. The fraction of sp³-hybridized carbons (Fsp3) is 0.273. The average molecular weight is 273 g/mol. The van der Waals surface area contributed by atoms with Crippen LogP contribution in [-0.4, -0.2) is 18.2 Å². The molecule has 1 amide bonds. The van der Waals surface area contributed by atoms with E-state index in [1.165, 1.54) is 0 Å². The van der Waals surface area contributed by atoms with E-state index in [0.29, 0.717) is 22.4 Å². The van der Waals surface area contributed by atoms with Gasteiger partial charge in [-0.05, 0) is 12.1 Å². The molecule has 1 aliphatic rings. The lowest BCUT2D eigenvalue weighted by Gasteiger charge is -2.08. The van der Waals surface area contributed by atoms with Crippen LogP contribution in [0, 0.1) is 5.92 Å². The summed E-state index contributed by atoms with van der Waals surface area (Å²) in [5.41, 5.74) is 6.65. The first-order chi connectivity index (χ1) is 8.08. The Hall–Kier alpha value is -1.26. The third kappa shape index (κ3) is 2.70. The number of nitrogens with two attached hydrogens (primary N) is 1. The number of rotatable bonds is 3. The Labute approximate surface area is 108 Å². The maximum absolute atomic E-state index is 10.9. The Morgan fingerprint density at radius 1 is 1.47 bits per heavy atom. The van der Waals surface area contributed by atoms with Crippen LogP contribution in [0.3, 0.4) is 0 Å². The lowest BCUT2D eigenvalue weighted by Crippen LogP contribution is -2.22. The smallest absolute Gasteiger partial charge is 0.218 e. The summed E-state index contributed by atoms with van der Waals surface area (Å²) in [6, 6.07) is 5.17. The number of carbonyl (C=O) groups excluding carboxylic acids is 1. The van der Waals surface area contributed by atoms with Crippen LogP contribution < -0.4 is 5.73 Å². The Morgan fingerprint density at radius 3 is 2.88 bits per heavy atom. The molecule has 1 aromatic carbocycles. The summed E-state index contributed by atoms with van der Waals surface area (Å²) >= 11 is 11.8. The van der Waals surface area contributed by atoms with Gasteiger partial charge in [0.05, 0.1) is 21.7 Å². The predicted octanol–water partition coefficient (Wildman–Crippen LogP) is 2.22. The van der Waals surface area contributed by atoms with Crippen LogP contribution in [0.2, 0.25) is 10.0 Å². The van der Waals surface area contributed by atoms with Crippen molar-refractivity contribution in [1.82, 2.24) is 0 Å². The van der Waals surface area contributed by atoms with E-state index in [9.17, 15) is 4.79 Å². The van der Waals surface area contributed by atoms with E-state index in [-0.39, 0.29) is 18.2 Å². The molecule has 0 saturated heterocycles. The topological polar surface area (TPSA) is 64.7 Å². The van der Waals surface area contributed by atoms with Crippen molar-refractivity contribution in [1.29, 1.82) is 0 Å². The average Bonchev–Trinajstić information content (AvgIpc) is 2.69. The van der Waals surface area contributed by atoms with Crippen molar-refractivity contribution in [2.24, 2.45) is 16.8 Å². The molecule has 6 heteroatoms. The predicted molar refractivity (Wildman–Crippen MR) is 66.3 cm³/mol. The van der Waals surface area contributed by atoms with E-state index in [1.807, 2.05) is 0 Å². The first kappa shape index (κ1) is 12.2. The number of halogens is 2. The number of carbonyl (C=O) groups is 1. The second kappa shape index (κ2) is 4.94. The summed E-state index contributed by atoms with van der Waals surface area (Å²) in [4.78, 5) is 15.9. The third-order valence-electron chi connectivity index (χ3n) is 2.49. The number of amides is 1. The zero-order valence-corrected chi connectivity index (χ0v) is 10.3. The second-order valence-electron chi connectivity index (χ2n) is 3.77. The second-order valence-corrected chi connectivity index (χ2v) is 4.58. The molecule has 1 aromatic rings. The van der Waals surface area contributed by atoms with Crippen molar-refractivity contribution in [2.45, 2.75) is 6.42 Å². The van der Waals surface area contributed by atoms with Crippen molar-refractivity contribution < 1.29 is 9.63 Å². The van der Waals surface area contributed by atoms with Gasteiger partial charge in [0.15, 0.2) is 0 Å². The van der Waals surface area contributed by atoms with E-state index in [2.05, 4.69) is 5.16 Å². The molecule has 1 aliphatic heterocycles. The number of primary amides is 1. The molecule has 0 aromatic heterocycles. The maximum atomic E-state index is 10.9. The van der Waals surface area contributed by atoms with E-state index >= 15 is 0 Å². The summed E-state index contributed by atoms with van der Waals surface area (Å²) in [5, 5.41) is 4.83. The molecule has 0 fully saturated rings. The highest BCUT2D eigenvalue weighted by Crippen LogP contribution is 2.26. The molecular weight excluding hydrogens is 263 g/mol. The summed E-state index contributed by atoms with van der Waals surface area (Å²) in [6.07, 6.45) is 0.207. The van der Waals surface area contributed by atoms with Crippen LogP contribution in [-0.2, 0) is 9.63 Å². The van der Waals surface area contributed by atoms with E-state index in [0.717, 1.165) is 5.56 Å². The van der Waals surface area contributed by atoms with Gasteiger partial charge in [0, 0.05) is 12.0 Å². The summed E-state index contributed by atoms with van der Waals surface area (Å²) in [5.74, 6) is -0.502. The lowest BCUT2D eigenvalue weighted by atomic mass is 9.95. The van der Waals surface area contributed by atoms with Crippen molar-refractivity contribution in [3.8, 4) is 0 Å². The summed E-state index contributed by atoms with van der Waals surface area (Å²) in [7, 11) is 0. The highest BCUT2D eigenvalue weighted by Gasteiger charge is 2.26. The minimum Gasteiger partial charge on any atom is -0.395 e. The molecule has 0 bridgehead atoms. The number of hydrogen-bond donors (Lipinski definition) is 1.